The van der Waals surface area contributed by atoms with Gasteiger partial charge in [0.1, 0.15) is 0 Å². The molecule has 2 aromatic rings. The lowest BCUT2D eigenvalue weighted by Crippen LogP contribution is -2.28. The van der Waals surface area contributed by atoms with Crippen molar-refractivity contribution < 1.29 is 42.9 Å². The number of hydrogen-bond donors (Lipinski definition) is 3. The normalized spacial score (nSPS) is 25.3. The summed E-state index contributed by atoms with van der Waals surface area (Å²) in [5.41, 5.74) is -1.01. The second-order valence-corrected chi connectivity index (χ2v) is 8.79. The summed E-state index contributed by atoms with van der Waals surface area (Å²) >= 11 is 1.73. The molecule has 2 atom stereocenters. The predicted molar refractivity (Wildman–Crippen MR) is 100 cm³/mol. The van der Waals surface area contributed by atoms with Crippen LogP contribution in [0.2, 0.25) is 0 Å². The number of likely N-dealkylation sites (tertiary alicyclic amines) is 1. The molecule has 1 aliphatic carbocycles. The Kier molecular flexibility index (Phi) is 5.32. The van der Waals surface area contributed by atoms with Crippen LogP contribution in [0.3, 0.4) is 0 Å². The lowest BCUT2D eigenvalue weighted by atomic mass is 9.97. The molecule has 0 bridgehead atoms. The molecule has 0 spiro atoms. The first-order valence-electron chi connectivity index (χ1n) is 8.80. The monoisotopic (exact) mass is 445 g/mol. The van der Waals surface area contributed by atoms with Crippen LogP contribution in [0.25, 0.3) is 10.1 Å². The lowest BCUT2D eigenvalue weighted by molar-refractivity contribution is -0.192. The summed E-state index contributed by atoms with van der Waals surface area (Å²) in [5.74, 6) is -4.71. The Morgan fingerprint density at radius 1 is 1.07 bits per heavy atom. The van der Waals surface area contributed by atoms with Crippen molar-refractivity contribution in [3.05, 3.63) is 34.7 Å². The zero-order chi connectivity index (χ0) is 22.5. The summed E-state index contributed by atoms with van der Waals surface area (Å²) < 4.78 is 32.9. The molecular formula is C19H18F3NO6S. The van der Waals surface area contributed by atoms with Gasteiger partial charge in [-0.25, -0.2) is 4.79 Å². The minimum Gasteiger partial charge on any atom is -0.481 e. The van der Waals surface area contributed by atoms with E-state index in [1.165, 1.54) is 20.5 Å². The van der Waals surface area contributed by atoms with Crippen molar-refractivity contribution in [2.45, 2.75) is 26.1 Å². The van der Waals surface area contributed by atoms with E-state index >= 15 is 0 Å². The molecule has 11 heteroatoms. The minimum absolute atomic E-state index is 0.254. The zero-order valence-electron chi connectivity index (χ0n) is 15.7. The third kappa shape index (κ3) is 3.52. The molecule has 0 amide bonds. The van der Waals surface area contributed by atoms with E-state index in [-0.39, 0.29) is 6.42 Å². The molecule has 0 unspecified atom stereocenters. The number of hydrogen-bond acceptors (Lipinski definition) is 5. The first kappa shape index (κ1) is 22.0. The molecule has 1 aromatic heterocycles. The van der Waals surface area contributed by atoms with Gasteiger partial charge in [-0.1, -0.05) is 18.2 Å². The number of nitrogens with zero attached hydrogens (tertiary/aromatic N) is 1. The number of carboxylic acid groups (broad SMARTS) is 3. The minimum atomic E-state index is -5.08. The second kappa shape index (κ2) is 7.24. The maximum Gasteiger partial charge on any atom is 0.490 e. The summed E-state index contributed by atoms with van der Waals surface area (Å²) in [4.78, 5) is 35.3. The zero-order valence-corrected chi connectivity index (χ0v) is 16.5. The molecule has 162 valence electrons. The average Bonchev–Trinajstić information content (AvgIpc) is 3.02. The highest BCUT2D eigenvalue weighted by atomic mass is 32.1. The molecule has 7 nitrogen and oxygen atoms in total. The molecular weight excluding hydrogens is 427 g/mol. The second-order valence-electron chi connectivity index (χ2n) is 7.53. The summed E-state index contributed by atoms with van der Waals surface area (Å²) in [6.07, 6.45) is -4.83. The fourth-order valence-corrected chi connectivity index (χ4v) is 5.23. The Labute approximate surface area is 172 Å². The number of carbonyl (C=O) groups is 3. The van der Waals surface area contributed by atoms with Gasteiger partial charge in [0, 0.05) is 29.2 Å². The van der Waals surface area contributed by atoms with Crippen LogP contribution < -0.4 is 0 Å². The molecule has 1 saturated carbocycles. The summed E-state index contributed by atoms with van der Waals surface area (Å²) in [5, 5.41) is 27.3. The van der Waals surface area contributed by atoms with Gasteiger partial charge >= 0.3 is 24.1 Å². The van der Waals surface area contributed by atoms with Crippen LogP contribution in [-0.4, -0.2) is 57.4 Å². The van der Waals surface area contributed by atoms with E-state index in [0.717, 1.165) is 0 Å². The van der Waals surface area contributed by atoms with E-state index in [1.807, 2.05) is 17.0 Å². The standard InChI is InChI=1S/C17H17NO4S.C2HF3O2/c1-10-12(11-4-2-3-5-13(11)23-10)6-18-8-16(14(19)20)7-17(16,9-18)15(21)22;3-2(4,5)1(6)7/h2-5H,6-9H2,1H3,(H,19,20)(H,21,22);(H,6,7)/t16-,17+;. The number of thiophene rings is 1. The van der Waals surface area contributed by atoms with Gasteiger partial charge in [-0.2, -0.15) is 13.2 Å². The number of rotatable bonds is 4. The smallest absolute Gasteiger partial charge is 0.481 e. The Bertz CT molecular complexity index is 1010. The molecule has 0 radical (unpaired) electrons. The Hall–Kier alpha value is -2.66. The SMILES string of the molecule is Cc1sc2ccccc2c1CN1C[C@@]2(C(=O)O)C[C@@]2(C(=O)O)C1.O=C(O)C(F)(F)F. The number of aryl methyl sites for hydroxylation is 1. The van der Waals surface area contributed by atoms with Crippen LogP contribution in [0, 0.1) is 17.8 Å². The first-order valence-corrected chi connectivity index (χ1v) is 9.62. The van der Waals surface area contributed by atoms with Crippen LogP contribution in [0.4, 0.5) is 13.2 Å². The summed E-state index contributed by atoms with van der Waals surface area (Å²) in [6.45, 7) is 3.31. The highest BCUT2D eigenvalue weighted by Gasteiger charge is 2.80. The van der Waals surface area contributed by atoms with Gasteiger partial charge in [0.15, 0.2) is 0 Å². The van der Waals surface area contributed by atoms with E-state index < -0.39 is 34.9 Å². The van der Waals surface area contributed by atoms with Gasteiger partial charge in [-0.3, -0.25) is 14.5 Å². The average molecular weight is 445 g/mol. The van der Waals surface area contributed by atoms with Crippen molar-refractivity contribution in [1.82, 2.24) is 4.90 Å². The predicted octanol–water partition coefficient (Wildman–Crippen LogP) is 3.20. The van der Waals surface area contributed by atoms with Crippen molar-refractivity contribution in [2.75, 3.05) is 13.1 Å². The molecule has 2 fully saturated rings. The Balaban J connectivity index is 0.000000318. The highest BCUT2D eigenvalue weighted by Crippen LogP contribution is 2.68. The van der Waals surface area contributed by atoms with Crippen LogP contribution in [-0.2, 0) is 20.9 Å². The van der Waals surface area contributed by atoms with Crippen molar-refractivity contribution in [3.63, 3.8) is 0 Å². The number of halogens is 3. The number of carboxylic acids is 3. The van der Waals surface area contributed by atoms with Crippen LogP contribution in [0.15, 0.2) is 24.3 Å². The maximum absolute atomic E-state index is 11.6. The summed E-state index contributed by atoms with van der Waals surface area (Å²) in [7, 11) is 0. The Morgan fingerprint density at radius 2 is 1.57 bits per heavy atom. The van der Waals surface area contributed by atoms with E-state index in [4.69, 9.17) is 9.90 Å². The van der Waals surface area contributed by atoms with Gasteiger partial charge in [-0.05, 0) is 30.4 Å². The van der Waals surface area contributed by atoms with Gasteiger partial charge in [0.05, 0.1) is 10.8 Å². The van der Waals surface area contributed by atoms with E-state index in [0.29, 0.717) is 19.6 Å². The van der Waals surface area contributed by atoms with E-state index in [9.17, 15) is 33.0 Å². The van der Waals surface area contributed by atoms with Gasteiger partial charge in [-0.15, -0.1) is 11.3 Å². The quantitative estimate of drug-likeness (QED) is 0.662. The molecule has 3 N–H and O–H groups in total. The molecule has 2 aliphatic rings. The molecule has 4 rings (SSSR count). The molecule has 1 aliphatic heterocycles. The van der Waals surface area contributed by atoms with E-state index in [1.54, 1.807) is 11.3 Å². The van der Waals surface area contributed by atoms with Gasteiger partial charge in [0.2, 0.25) is 0 Å². The fourth-order valence-electron chi connectivity index (χ4n) is 4.15. The number of benzene rings is 1. The first-order chi connectivity index (χ1) is 13.8. The van der Waals surface area contributed by atoms with Crippen LogP contribution in [0.1, 0.15) is 16.9 Å². The molecule has 30 heavy (non-hydrogen) atoms. The Morgan fingerprint density at radius 3 is 2.03 bits per heavy atom. The number of alkyl halides is 3. The van der Waals surface area contributed by atoms with Crippen molar-refractivity contribution >= 4 is 39.3 Å². The summed E-state index contributed by atoms with van der Waals surface area (Å²) in [6, 6.07) is 8.16. The van der Waals surface area contributed by atoms with Crippen LogP contribution in [0.5, 0.6) is 0 Å². The van der Waals surface area contributed by atoms with Crippen molar-refractivity contribution in [2.24, 2.45) is 10.8 Å². The van der Waals surface area contributed by atoms with E-state index in [2.05, 4.69) is 19.1 Å². The fraction of sp³-hybridized carbons (Fsp3) is 0.421. The molecule has 1 saturated heterocycles. The largest absolute Gasteiger partial charge is 0.490 e. The van der Waals surface area contributed by atoms with Gasteiger partial charge in [0.25, 0.3) is 0 Å². The number of aliphatic carboxylic acids is 3. The van der Waals surface area contributed by atoms with Crippen LogP contribution >= 0.6 is 11.3 Å². The van der Waals surface area contributed by atoms with Gasteiger partial charge < -0.3 is 15.3 Å². The third-order valence-corrected chi connectivity index (χ3v) is 6.85. The highest BCUT2D eigenvalue weighted by molar-refractivity contribution is 7.19. The topological polar surface area (TPSA) is 115 Å². The lowest BCUT2D eigenvalue weighted by Gasteiger charge is -2.19. The number of piperidine rings is 1. The van der Waals surface area contributed by atoms with Crippen molar-refractivity contribution in [3.8, 4) is 0 Å². The van der Waals surface area contributed by atoms with Crippen molar-refractivity contribution in [1.29, 1.82) is 0 Å². The maximum atomic E-state index is 11.6. The molecule has 2 heterocycles. The molecule has 1 aromatic carbocycles. The number of fused-ring (bicyclic) bond motifs is 2. The third-order valence-electron chi connectivity index (χ3n) is 5.72.